The largest absolute Gasteiger partial charge is 0.416 e. The summed E-state index contributed by atoms with van der Waals surface area (Å²) in [6, 6.07) is 16.0. The molecule has 4 nitrogen and oxygen atoms in total. The van der Waals surface area contributed by atoms with Crippen LogP contribution in [0.15, 0.2) is 65.7 Å². The molecule has 0 aliphatic carbocycles. The average molecular weight is 417 g/mol. The van der Waals surface area contributed by atoms with Gasteiger partial charge in [0, 0.05) is 17.8 Å². The summed E-state index contributed by atoms with van der Waals surface area (Å²) in [6.07, 6.45) is -4.39. The van der Waals surface area contributed by atoms with E-state index in [-0.39, 0.29) is 11.7 Å². The van der Waals surface area contributed by atoms with Gasteiger partial charge < -0.3 is 5.32 Å². The van der Waals surface area contributed by atoms with Gasteiger partial charge in [0.25, 0.3) is 0 Å². The van der Waals surface area contributed by atoms with Crippen LogP contribution in [0.4, 0.5) is 13.2 Å². The number of carbonyl (C=O) groups excluding carboxylic acids is 1. The fourth-order valence-corrected chi connectivity index (χ4v) is 3.32. The van der Waals surface area contributed by atoms with Crippen LogP contribution in [0, 0.1) is 6.92 Å². The zero-order valence-corrected chi connectivity index (χ0v) is 16.3. The Bertz CT molecular complexity index is 977. The molecule has 8 heteroatoms. The first-order valence-electron chi connectivity index (χ1n) is 8.78. The first-order valence-corrected chi connectivity index (χ1v) is 9.76. The van der Waals surface area contributed by atoms with Crippen molar-refractivity contribution in [3.8, 4) is 11.4 Å². The lowest BCUT2D eigenvalue weighted by atomic mass is 10.1. The molecule has 1 aromatic heterocycles. The lowest BCUT2D eigenvalue weighted by molar-refractivity contribution is -0.137. The number of benzene rings is 2. The molecule has 0 unspecified atom stereocenters. The maximum Gasteiger partial charge on any atom is 0.416 e. The molecule has 0 aliphatic heterocycles. The number of nitrogens with zero attached hydrogens (tertiary/aromatic N) is 2. The maximum absolute atomic E-state index is 12.7. The van der Waals surface area contributed by atoms with Crippen molar-refractivity contribution in [2.75, 3.05) is 5.75 Å². The van der Waals surface area contributed by atoms with E-state index in [1.54, 1.807) is 13.0 Å². The third-order valence-corrected chi connectivity index (χ3v) is 4.90. The molecule has 0 radical (unpaired) electrons. The summed E-state index contributed by atoms with van der Waals surface area (Å²) in [5.41, 5.74) is 1.44. The summed E-state index contributed by atoms with van der Waals surface area (Å²) in [7, 11) is 0. The van der Waals surface area contributed by atoms with Gasteiger partial charge in [0.05, 0.1) is 11.3 Å². The topological polar surface area (TPSA) is 54.9 Å². The van der Waals surface area contributed by atoms with Gasteiger partial charge in [-0.2, -0.15) is 13.2 Å². The Morgan fingerprint density at radius 1 is 1.03 bits per heavy atom. The van der Waals surface area contributed by atoms with Crippen molar-refractivity contribution in [2.45, 2.75) is 24.7 Å². The minimum absolute atomic E-state index is 0.133. The second-order valence-corrected chi connectivity index (χ2v) is 7.29. The van der Waals surface area contributed by atoms with E-state index < -0.39 is 11.7 Å². The number of aryl methyl sites for hydroxylation is 1. The number of aromatic nitrogens is 2. The van der Waals surface area contributed by atoms with Crippen molar-refractivity contribution in [1.82, 2.24) is 15.3 Å². The molecule has 1 heterocycles. The first-order chi connectivity index (χ1) is 13.8. The molecular formula is C21H18F3N3OS. The van der Waals surface area contributed by atoms with Crippen LogP contribution >= 0.6 is 11.8 Å². The van der Waals surface area contributed by atoms with E-state index in [0.717, 1.165) is 17.7 Å². The van der Waals surface area contributed by atoms with Crippen LogP contribution < -0.4 is 5.32 Å². The average Bonchev–Trinajstić information content (AvgIpc) is 2.70. The molecule has 3 rings (SSSR count). The minimum atomic E-state index is -4.39. The third-order valence-electron chi connectivity index (χ3n) is 3.98. The van der Waals surface area contributed by atoms with Crippen LogP contribution in [0.5, 0.6) is 0 Å². The number of hydrogen-bond acceptors (Lipinski definition) is 4. The molecule has 150 valence electrons. The zero-order valence-electron chi connectivity index (χ0n) is 15.5. The number of halogens is 3. The molecule has 0 saturated heterocycles. The highest BCUT2D eigenvalue weighted by molar-refractivity contribution is 7.99. The molecule has 0 atom stereocenters. The molecule has 2 aromatic carbocycles. The number of carbonyl (C=O) groups is 1. The van der Waals surface area contributed by atoms with E-state index >= 15 is 0 Å². The SMILES string of the molecule is Cc1cc(SCC(=O)NCc2ccccc2)nc(-c2ccc(C(F)(F)F)cc2)n1. The Kier molecular flexibility index (Phi) is 6.53. The Balaban J connectivity index is 1.63. The van der Waals surface area contributed by atoms with Gasteiger partial charge in [0.15, 0.2) is 5.82 Å². The quantitative estimate of drug-likeness (QED) is 0.459. The number of nitrogens with one attached hydrogen (secondary N) is 1. The van der Waals surface area contributed by atoms with Crippen molar-refractivity contribution in [3.63, 3.8) is 0 Å². The molecule has 0 aliphatic rings. The molecule has 0 saturated carbocycles. The Hall–Kier alpha value is -2.87. The summed E-state index contributed by atoms with van der Waals surface area (Å²) in [5.74, 6) is 0.368. The maximum atomic E-state index is 12.7. The van der Waals surface area contributed by atoms with E-state index in [9.17, 15) is 18.0 Å². The van der Waals surface area contributed by atoms with E-state index in [4.69, 9.17) is 0 Å². The van der Waals surface area contributed by atoms with Gasteiger partial charge in [-0.05, 0) is 30.7 Å². The van der Waals surface area contributed by atoms with E-state index in [1.165, 1.54) is 23.9 Å². The second kappa shape index (κ2) is 9.09. The van der Waals surface area contributed by atoms with Crippen LogP contribution in [0.1, 0.15) is 16.8 Å². The number of alkyl halides is 3. The highest BCUT2D eigenvalue weighted by Gasteiger charge is 2.30. The van der Waals surface area contributed by atoms with Crippen LogP contribution in [-0.4, -0.2) is 21.6 Å². The second-order valence-electron chi connectivity index (χ2n) is 6.30. The molecule has 0 bridgehead atoms. The Morgan fingerprint density at radius 3 is 2.38 bits per heavy atom. The molecule has 1 amide bonds. The summed E-state index contributed by atoms with van der Waals surface area (Å²) in [4.78, 5) is 20.7. The van der Waals surface area contributed by atoms with Crippen molar-refractivity contribution < 1.29 is 18.0 Å². The predicted molar refractivity (Wildman–Crippen MR) is 106 cm³/mol. The standard InChI is InChI=1S/C21H18F3N3OS/c1-14-11-19(29-13-18(28)25-12-15-5-3-2-4-6-15)27-20(26-14)16-7-9-17(10-8-16)21(22,23)24/h2-11H,12-13H2,1H3,(H,25,28). The summed E-state index contributed by atoms with van der Waals surface area (Å²) in [5, 5.41) is 3.43. The normalized spacial score (nSPS) is 11.3. The van der Waals surface area contributed by atoms with Gasteiger partial charge in [-0.3, -0.25) is 4.79 Å². The third kappa shape index (κ3) is 6.05. The van der Waals surface area contributed by atoms with Crippen LogP contribution in [0.25, 0.3) is 11.4 Å². The Labute approximate surface area is 170 Å². The smallest absolute Gasteiger partial charge is 0.351 e. The first kappa shape index (κ1) is 20.9. The summed E-state index contributed by atoms with van der Waals surface area (Å²) >= 11 is 1.25. The van der Waals surface area contributed by atoms with Crippen LogP contribution in [0.2, 0.25) is 0 Å². The van der Waals surface area contributed by atoms with E-state index in [2.05, 4.69) is 15.3 Å². The molecule has 29 heavy (non-hydrogen) atoms. The van der Waals surface area contributed by atoms with Gasteiger partial charge in [0.2, 0.25) is 5.91 Å². The lowest BCUT2D eigenvalue weighted by Crippen LogP contribution is -2.24. The molecule has 3 aromatic rings. The Morgan fingerprint density at radius 2 is 1.72 bits per heavy atom. The predicted octanol–water partition coefficient (Wildman–Crippen LogP) is 4.88. The molecule has 0 spiro atoms. The van der Waals surface area contributed by atoms with Gasteiger partial charge in [-0.15, -0.1) is 0 Å². The van der Waals surface area contributed by atoms with E-state index in [1.807, 2.05) is 30.3 Å². The minimum Gasteiger partial charge on any atom is -0.351 e. The molecular weight excluding hydrogens is 399 g/mol. The lowest BCUT2D eigenvalue weighted by Gasteiger charge is -2.09. The highest BCUT2D eigenvalue weighted by Crippen LogP contribution is 2.30. The number of hydrogen-bond donors (Lipinski definition) is 1. The zero-order chi connectivity index (χ0) is 20.9. The van der Waals surface area contributed by atoms with Crippen LogP contribution in [-0.2, 0) is 17.5 Å². The number of rotatable bonds is 6. The molecule has 1 N–H and O–H groups in total. The van der Waals surface area contributed by atoms with Crippen molar-refractivity contribution in [2.24, 2.45) is 0 Å². The van der Waals surface area contributed by atoms with Gasteiger partial charge >= 0.3 is 6.18 Å². The van der Waals surface area contributed by atoms with E-state index in [0.29, 0.717) is 28.7 Å². The number of thioether (sulfide) groups is 1. The monoisotopic (exact) mass is 417 g/mol. The van der Waals surface area contributed by atoms with Crippen molar-refractivity contribution in [1.29, 1.82) is 0 Å². The fourth-order valence-electron chi connectivity index (χ4n) is 2.54. The van der Waals surface area contributed by atoms with Crippen molar-refractivity contribution >= 4 is 17.7 Å². The van der Waals surface area contributed by atoms with Crippen LogP contribution in [0.3, 0.4) is 0 Å². The van der Waals surface area contributed by atoms with Crippen molar-refractivity contribution in [3.05, 3.63) is 77.5 Å². The highest BCUT2D eigenvalue weighted by atomic mass is 32.2. The molecule has 0 fully saturated rings. The number of amides is 1. The van der Waals surface area contributed by atoms with Gasteiger partial charge in [-0.1, -0.05) is 54.2 Å². The van der Waals surface area contributed by atoms with Gasteiger partial charge in [0.1, 0.15) is 5.03 Å². The van der Waals surface area contributed by atoms with Gasteiger partial charge in [-0.25, -0.2) is 9.97 Å². The summed E-state index contributed by atoms with van der Waals surface area (Å²) in [6.45, 7) is 2.22. The summed E-state index contributed by atoms with van der Waals surface area (Å²) < 4.78 is 38.2. The fraction of sp³-hybridized carbons (Fsp3) is 0.190.